The second-order valence-electron chi connectivity index (χ2n) is 6.51. The molecular formula is C19H18F3N3O5. The van der Waals surface area contributed by atoms with Gasteiger partial charge in [0, 0.05) is 23.5 Å². The van der Waals surface area contributed by atoms with Crippen molar-refractivity contribution in [3.63, 3.8) is 0 Å². The monoisotopic (exact) mass is 425 g/mol. The van der Waals surface area contributed by atoms with Gasteiger partial charge in [-0.25, -0.2) is 4.79 Å². The minimum Gasteiger partial charge on any atom is -0.493 e. The number of hydrogen-bond acceptors (Lipinski definition) is 6. The topological polar surface area (TPSA) is 110 Å². The van der Waals surface area contributed by atoms with Gasteiger partial charge in [-0.05, 0) is 18.2 Å². The molecule has 0 bridgehead atoms. The van der Waals surface area contributed by atoms with Crippen molar-refractivity contribution < 1.29 is 37.3 Å². The maximum atomic E-state index is 13.9. The maximum absolute atomic E-state index is 13.9. The van der Waals surface area contributed by atoms with E-state index in [0.29, 0.717) is 0 Å². The van der Waals surface area contributed by atoms with E-state index < -0.39 is 35.7 Å². The Morgan fingerprint density at radius 1 is 1.20 bits per heavy atom. The van der Waals surface area contributed by atoms with Gasteiger partial charge in [0.1, 0.15) is 5.92 Å². The molecule has 160 valence electrons. The van der Waals surface area contributed by atoms with Crippen LogP contribution in [0, 0.1) is 5.92 Å². The van der Waals surface area contributed by atoms with Crippen LogP contribution in [0.2, 0.25) is 0 Å². The van der Waals surface area contributed by atoms with Crippen molar-refractivity contribution in [3.05, 3.63) is 53.9 Å². The molecule has 2 heterocycles. The van der Waals surface area contributed by atoms with Gasteiger partial charge >= 0.3 is 12.2 Å². The molecule has 11 heteroatoms. The molecule has 2 amide bonds. The Bertz CT molecular complexity index is 954. The number of nitrogens with zero attached hydrogens (tertiary/aromatic N) is 1. The first-order chi connectivity index (χ1) is 14.1. The summed E-state index contributed by atoms with van der Waals surface area (Å²) in [6, 6.07) is 4.07. The Morgan fingerprint density at radius 2 is 1.93 bits per heavy atom. The Balaban J connectivity index is 2.24. The van der Waals surface area contributed by atoms with Gasteiger partial charge in [-0.1, -0.05) is 12.1 Å². The van der Waals surface area contributed by atoms with E-state index in [2.05, 4.69) is 10.3 Å². The highest BCUT2D eigenvalue weighted by atomic mass is 19.4. The maximum Gasteiger partial charge on any atom is 0.437 e. The number of methoxy groups -OCH3 is 2. The third-order valence-electron chi connectivity index (χ3n) is 4.80. The van der Waals surface area contributed by atoms with Crippen LogP contribution in [0.15, 0.2) is 42.7 Å². The third-order valence-corrected chi connectivity index (χ3v) is 4.80. The van der Waals surface area contributed by atoms with E-state index in [0.717, 1.165) is 6.20 Å². The molecule has 0 aliphatic carbocycles. The molecule has 1 saturated heterocycles. The number of ether oxygens (including phenoxy) is 2. The van der Waals surface area contributed by atoms with Crippen LogP contribution in [0.3, 0.4) is 0 Å². The predicted octanol–water partition coefficient (Wildman–Crippen LogP) is 2.20. The Kier molecular flexibility index (Phi) is 5.57. The molecule has 3 atom stereocenters. The van der Waals surface area contributed by atoms with Crippen molar-refractivity contribution >= 4 is 11.8 Å². The number of carbonyl (C=O) groups is 2. The van der Waals surface area contributed by atoms with Crippen LogP contribution < -0.4 is 20.1 Å². The highest BCUT2D eigenvalue weighted by molar-refractivity contribution is 6.00. The number of pyridine rings is 1. The highest BCUT2D eigenvalue weighted by Crippen LogP contribution is 2.47. The Morgan fingerprint density at radius 3 is 2.50 bits per heavy atom. The van der Waals surface area contributed by atoms with Gasteiger partial charge in [0.05, 0.1) is 20.3 Å². The molecule has 0 unspecified atom stereocenters. The van der Waals surface area contributed by atoms with Crippen LogP contribution in [-0.2, 0) is 0 Å². The van der Waals surface area contributed by atoms with Crippen LogP contribution in [0.5, 0.6) is 11.5 Å². The number of Topliss-reactive ketones (excluding diaryl/α,β-unsaturated/α-hetero) is 1. The fourth-order valence-electron chi connectivity index (χ4n) is 3.44. The third kappa shape index (κ3) is 3.52. The average molecular weight is 425 g/mol. The van der Waals surface area contributed by atoms with Gasteiger partial charge in [0.25, 0.3) is 0 Å². The molecule has 30 heavy (non-hydrogen) atoms. The first-order valence-corrected chi connectivity index (χ1v) is 8.67. The normalized spacial score (nSPS) is 23.9. The molecule has 8 nitrogen and oxygen atoms in total. The van der Waals surface area contributed by atoms with Crippen molar-refractivity contribution in [2.24, 2.45) is 5.92 Å². The average Bonchev–Trinajstić information content (AvgIpc) is 2.71. The number of halogens is 3. The summed E-state index contributed by atoms with van der Waals surface area (Å²) >= 11 is 0. The minimum absolute atomic E-state index is 0.0145. The number of alkyl halides is 3. The van der Waals surface area contributed by atoms with Gasteiger partial charge < -0.3 is 25.2 Å². The number of aliphatic hydroxyl groups is 1. The van der Waals surface area contributed by atoms with Crippen molar-refractivity contribution in [2.45, 2.75) is 17.9 Å². The number of urea groups is 1. The molecule has 3 N–H and O–H groups in total. The number of aromatic nitrogens is 1. The minimum atomic E-state index is -5.36. The number of ketones is 1. The number of para-hydroxylation sites is 1. The number of hydrogen-bond donors (Lipinski definition) is 3. The van der Waals surface area contributed by atoms with Crippen LogP contribution >= 0.6 is 0 Å². The second kappa shape index (κ2) is 7.82. The van der Waals surface area contributed by atoms with Gasteiger partial charge in [0.15, 0.2) is 17.3 Å². The number of benzene rings is 1. The van der Waals surface area contributed by atoms with Crippen molar-refractivity contribution in [2.75, 3.05) is 14.2 Å². The molecule has 3 rings (SSSR count). The Hall–Kier alpha value is -3.34. The molecule has 1 aromatic heterocycles. The van der Waals surface area contributed by atoms with Crippen molar-refractivity contribution in [3.8, 4) is 11.5 Å². The van der Waals surface area contributed by atoms with Crippen molar-refractivity contribution in [1.29, 1.82) is 0 Å². The molecule has 0 radical (unpaired) electrons. The molecule has 0 saturated carbocycles. The summed E-state index contributed by atoms with van der Waals surface area (Å²) in [5.74, 6) is -3.09. The van der Waals surface area contributed by atoms with Crippen LogP contribution in [-0.4, -0.2) is 48.0 Å². The Labute approximate surface area is 169 Å². The number of rotatable bonds is 5. The standard InChI is InChI=1S/C19H18F3N3O5/c1-29-12-7-3-6-11(16(12)30-2)14-13(15(26)10-5-4-8-23-9-10)18(28,19(20,21)22)25-17(27)24-14/h3-9,13-14,28H,1-2H3,(H2,24,25,27)/t13-,14-,18+/m0/s1. The molecule has 1 fully saturated rings. The zero-order valence-electron chi connectivity index (χ0n) is 15.9. The SMILES string of the molecule is COc1cccc([C@@H]2NC(=O)N[C@](O)(C(F)(F)F)[C@@H]2C(=O)c2cccnc2)c1OC. The van der Waals surface area contributed by atoms with E-state index in [9.17, 15) is 27.9 Å². The predicted molar refractivity (Wildman–Crippen MR) is 97.0 cm³/mol. The molecule has 1 aromatic carbocycles. The van der Waals surface area contributed by atoms with E-state index in [-0.39, 0.29) is 22.6 Å². The first-order valence-electron chi connectivity index (χ1n) is 8.67. The molecule has 1 aliphatic heterocycles. The molecular weight excluding hydrogens is 407 g/mol. The summed E-state index contributed by atoms with van der Waals surface area (Å²) in [5, 5.41) is 14.3. The summed E-state index contributed by atoms with van der Waals surface area (Å²) < 4.78 is 52.2. The summed E-state index contributed by atoms with van der Waals surface area (Å²) in [7, 11) is 2.59. The largest absolute Gasteiger partial charge is 0.493 e. The van der Waals surface area contributed by atoms with Crippen LogP contribution in [0.4, 0.5) is 18.0 Å². The summed E-state index contributed by atoms with van der Waals surface area (Å²) in [4.78, 5) is 29.0. The van der Waals surface area contributed by atoms with E-state index in [1.807, 2.05) is 0 Å². The summed E-state index contributed by atoms with van der Waals surface area (Å²) in [5.41, 5.74) is -3.99. The quantitative estimate of drug-likeness (QED) is 0.634. The number of nitrogens with one attached hydrogen (secondary N) is 2. The summed E-state index contributed by atoms with van der Waals surface area (Å²) in [6.45, 7) is 0. The fourth-order valence-corrected chi connectivity index (χ4v) is 3.44. The van der Waals surface area contributed by atoms with Crippen molar-refractivity contribution in [1.82, 2.24) is 15.6 Å². The van der Waals surface area contributed by atoms with Gasteiger partial charge in [-0.2, -0.15) is 13.2 Å². The van der Waals surface area contributed by atoms with E-state index in [4.69, 9.17) is 9.47 Å². The lowest BCUT2D eigenvalue weighted by molar-refractivity contribution is -0.287. The number of amides is 2. The van der Waals surface area contributed by atoms with Gasteiger partial charge in [-0.3, -0.25) is 9.78 Å². The highest BCUT2D eigenvalue weighted by Gasteiger charge is 2.66. The number of carbonyl (C=O) groups excluding carboxylic acids is 2. The van der Waals surface area contributed by atoms with Gasteiger partial charge in [0.2, 0.25) is 5.72 Å². The van der Waals surface area contributed by atoms with Gasteiger partial charge in [-0.15, -0.1) is 0 Å². The molecule has 2 aromatic rings. The lowest BCUT2D eigenvalue weighted by Crippen LogP contribution is -2.72. The fraction of sp³-hybridized carbons (Fsp3) is 0.316. The second-order valence-corrected chi connectivity index (χ2v) is 6.51. The lowest BCUT2D eigenvalue weighted by atomic mass is 9.77. The van der Waals surface area contributed by atoms with E-state index in [1.165, 1.54) is 56.1 Å². The zero-order chi connectivity index (χ0) is 22.1. The summed E-state index contributed by atoms with van der Waals surface area (Å²) in [6.07, 6.45) is -2.94. The zero-order valence-corrected chi connectivity index (χ0v) is 15.9. The lowest BCUT2D eigenvalue weighted by Gasteiger charge is -2.45. The smallest absolute Gasteiger partial charge is 0.437 e. The molecule has 0 spiro atoms. The van der Waals surface area contributed by atoms with Crippen LogP contribution in [0.1, 0.15) is 22.0 Å². The van der Waals surface area contributed by atoms with Crippen LogP contribution in [0.25, 0.3) is 0 Å². The van der Waals surface area contributed by atoms with E-state index in [1.54, 1.807) is 0 Å². The molecule has 1 aliphatic rings. The van der Waals surface area contributed by atoms with E-state index >= 15 is 0 Å². The first kappa shape index (κ1) is 21.4.